The van der Waals surface area contributed by atoms with Gasteiger partial charge in [0.1, 0.15) is 5.75 Å². The van der Waals surface area contributed by atoms with E-state index in [2.05, 4.69) is 24.3 Å². The molecular weight excluding hydrogens is 298 g/mol. The van der Waals surface area contributed by atoms with Crippen molar-refractivity contribution in [2.45, 2.75) is 19.4 Å². The van der Waals surface area contributed by atoms with Crippen LogP contribution in [0.2, 0.25) is 0 Å². The number of phenols is 1. The van der Waals surface area contributed by atoms with Crippen LogP contribution in [0.4, 0.5) is 0 Å². The zero-order valence-corrected chi connectivity index (χ0v) is 13.4. The minimum absolute atomic E-state index is 0.0795. The van der Waals surface area contributed by atoms with Crippen molar-refractivity contribution in [3.63, 3.8) is 0 Å². The molecule has 1 aromatic heterocycles. The number of aryl methyl sites for hydroxylation is 1. The van der Waals surface area contributed by atoms with E-state index in [1.54, 1.807) is 24.3 Å². The van der Waals surface area contributed by atoms with Crippen molar-refractivity contribution in [1.82, 2.24) is 0 Å². The molecule has 0 bridgehead atoms. The highest BCUT2D eigenvalue weighted by atomic mass is 16.3. The van der Waals surface area contributed by atoms with E-state index < -0.39 is 0 Å². The molecule has 0 aliphatic heterocycles. The SMILES string of the molecule is O=C(CC[n+]1ccc(Cc2ccccc2)cc1)c1ccc(O)cc1. The molecule has 0 saturated carbocycles. The monoisotopic (exact) mass is 318 g/mol. The van der Waals surface area contributed by atoms with Gasteiger partial charge in [-0.15, -0.1) is 0 Å². The quantitative estimate of drug-likeness (QED) is 0.558. The van der Waals surface area contributed by atoms with Gasteiger partial charge in [-0.2, -0.15) is 0 Å². The van der Waals surface area contributed by atoms with Gasteiger partial charge in [-0.05, 0) is 41.8 Å². The lowest BCUT2D eigenvalue weighted by Gasteiger charge is -2.02. The number of pyridine rings is 1. The van der Waals surface area contributed by atoms with Crippen LogP contribution in [0.5, 0.6) is 5.75 Å². The standard InChI is InChI=1S/C21H19NO2/c23-20-8-6-19(7-9-20)21(24)12-15-22-13-10-18(11-14-22)16-17-4-2-1-3-5-17/h1-11,13-14H,12,15-16H2/p+1. The predicted octanol–water partition coefficient (Wildman–Crippen LogP) is 3.54. The Morgan fingerprint density at radius 1 is 0.833 bits per heavy atom. The maximum atomic E-state index is 12.1. The van der Waals surface area contributed by atoms with Crippen LogP contribution in [-0.4, -0.2) is 10.9 Å². The minimum atomic E-state index is 0.0795. The lowest BCUT2D eigenvalue weighted by atomic mass is 10.1. The Balaban J connectivity index is 1.56. The third-order valence-corrected chi connectivity index (χ3v) is 4.00. The Morgan fingerprint density at radius 2 is 1.46 bits per heavy atom. The molecule has 0 unspecified atom stereocenters. The Hall–Kier alpha value is -2.94. The van der Waals surface area contributed by atoms with E-state index in [0.717, 1.165) is 6.42 Å². The molecule has 3 rings (SSSR count). The number of benzene rings is 2. The van der Waals surface area contributed by atoms with Crippen molar-refractivity contribution >= 4 is 5.78 Å². The van der Waals surface area contributed by atoms with E-state index >= 15 is 0 Å². The van der Waals surface area contributed by atoms with Crippen LogP contribution in [0.3, 0.4) is 0 Å². The molecule has 2 aromatic carbocycles. The van der Waals surface area contributed by atoms with Gasteiger partial charge in [-0.25, -0.2) is 4.57 Å². The van der Waals surface area contributed by atoms with Crippen LogP contribution in [0.25, 0.3) is 0 Å². The number of hydrogen-bond donors (Lipinski definition) is 1. The van der Waals surface area contributed by atoms with Crippen molar-refractivity contribution in [3.8, 4) is 5.75 Å². The van der Waals surface area contributed by atoms with Gasteiger partial charge >= 0.3 is 0 Å². The lowest BCUT2D eigenvalue weighted by molar-refractivity contribution is -0.695. The number of carbonyl (C=O) groups excluding carboxylic acids is 1. The maximum absolute atomic E-state index is 12.1. The van der Waals surface area contributed by atoms with Crippen LogP contribution < -0.4 is 4.57 Å². The second-order valence-electron chi connectivity index (χ2n) is 5.83. The molecule has 0 atom stereocenters. The van der Waals surface area contributed by atoms with Gasteiger partial charge in [0.25, 0.3) is 0 Å². The van der Waals surface area contributed by atoms with Gasteiger partial charge in [0.15, 0.2) is 24.7 Å². The van der Waals surface area contributed by atoms with Gasteiger partial charge in [0.2, 0.25) is 0 Å². The van der Waals surface area contributed by atoms with Gasteiger partial charge in [0, 0.05) is 17.7 Å². The first-order valence-electron chi connectivity index (χ1n) is 8.05. The third kappa shape index (κ3) is 4.29. The smallest absolute Gasteiger partial charge is 0.169 e. The molecule has 120 valence electrons. The third-order valence-electron chi connectivity index (χ3n) is 4.00. The normalized spacial score (nSPS) is 10.5. The van der Waals surface area contributed by atoms with E-state index in [-0.39, 0.29) is 11.5 Å². The van der Waals surface area contributed by atoms with E-state index in [1.165, 1.54) is 11.1 Å². The first-order chi connectivity index (χ1) is 11.7. The number of phenolic OH excluding ortho intramolecular Hbond substituents is 1. The van der Waals surface area contributed by atoms with Crippen LogP contribution in [0.1, 0.15) is 27.9 Å². The second-order valence-corrected chi connectivity index (χ2v) is 5.83. The fourth-order valence-corrected chi connectivity index (χ4v) is 2.61. The average Bonchev–Trinajstić information content (AvgIpc) is 2.62. The van der Waals surface area contributed by atoms with Crippen molar-refractivity contribution in [2.75, 3.05) is 0 Å². The molecule has 0 fully saturated rings. The van der Waals surface area contributed by atoms with Crippen LogP contribution in [-0.2, 0) is 13.0 Å². The first kappa shape index (κ1) is 15.9. The topological polar surface area (TPSA) is 41.2 Å². The summed E-state index contributed by atoms with van der Waals surface area (Å²) in [5.74, 6) is 0.255. The van der Waals surface area contributed by atoms with Crippen LogP contribution in [0, 0.1) is 0 Å². The number of rotatable bonds is 6. The Labute approximate surface area is 141 Å². The highest BCUT2D eigenvalue weighted by Crippen LogP contribution is 2.11. The minimum Gasteiger partial charge on any atom is -0.508 e. The number of nitrogens with zero attached hydrogens (tertiary/aromatic N) is 1. The molecular formula is C21H20NO2+. The molecule has 1 N–H and O–H groups in total. The highest BCUT2D eigenvalue weighted by molar-refractivity contribution is 5.95. The molecule has 1 heterocycles. The average molecular weight is 318 g/mol. The maximum Gasteiger partial charge on any atom is 0.169 e. The summed E-state index contributed by atoms with van der Waals surface area (Å²) in [5.41, 5.74) is 3.18. The summed E-state index contributed by atoms with van der Waals surface area (Å²) in [4.78, 5) is 12.1. The zero-order valence-electron chi connectivity index (χ0n) is 13.4. The largest absolute Gasteiger partial charge is 0.508 e. The summed E-state index contributed by atoms with van der Waals surface area (Å²) in [6.45, 7) is 0.644. The summed E-state index contributed by atoms with van der Waals surface area (Å²) in [7, 11) is 0. The van der Waals surface area contributed by atoms with Crippen LogP contribution in [0.15, 0.2) is 79.1 Å². The van der Waals surface area contributed by atoms with Gasteiger partial charge in [-0.1, -0.05) is 30.3 Å². The summed E-state index contributed by atoms with van der Waals surface area (Å²) in [6.07, 6.45) is 5.38. The number of carbonyl (C=O) groups is 1. The van der Waals surface area contributed by atoms with Crippen molar-refractivity contribution in [1.29, 1.82) is 0 Å². The molecule has 0 radical (unpaired) electrons. The first-order valence-corrected chi connectivity index (χ1v) is 8.05. The van der Waals surface area contributed by atoms with Crippen molar-refractivity contribution in [3.05, 3.63) is 95.8 Å². The molecule has 0 saturated heterocycles. The number of ketones is 1. The van der Waals surface area contributed by atoms with E-state index in [1.807, 2.05) is 35.2 Å². The summed E-state index contributed by atoms with van der Waals surface area (Å²) < 4.78 is 2.02. The summed E-state index contributed by atoms with van der Waals surface area (Å²) in [5, 5.41) is 9.26. The predicted molar refractivity (Wildman–Crippen MR) is 92.9 cm³/mol. The molecule has 0 spiro atoms. The molecule has 0 aliphatic carbocycles. The highest BCUT2D eigenvalue weighted by Gasteiger charge is 2.09. The second kappa shape index (κ2) is 7.55. The van der Waals surface area contributed by atoms with E-state index in [9.17, 15) is 9.90 Å². The lowest BCUT2D eigenvalue weighted by Crippen LogP contribution is -2.33. The number of aromatic nitrogens is 1. The zero-order chi connectivity index (χ0) is 16.8. The van der Waals surface area contributed by atoms with Gasteiger partial charge in [-0.3, -0.25) is 4.79 Å². The Kier molecular flexibility index (Phi) is 5.02. The number of aromatic hydroxyl groups is 1. The number of hydrogen-bond acceptors (Lipinski definition) is 2. The summed E-state index contributed by atoms with van der Waals surface area (Å²) >= 11 is 0. The van der Waals surface area contributed by atoms with Crippen molar-refractivity contribution in [2.24, 2.45) is 0 Å². The molecule has 24 heavy (non-hydrogen) atoms. The number of Topliss-reactive ketones (excluding diaryl/α,β-unsaturated/α-hetero) is 1. The molecule has 3 nitrogen and oxygen atoms in total. The Bertz CT molecular complexity index is 794. The Morgan fingerprint density at radius 3 is 2.12 bits per heavy atom. The molecule has 0 amide bonds. The molecule has 3 aromatic rings. The molecule has 3 heteroatoms. The van der Waals surface area contributed by atoms with Gasteiger partial charge in [0.05, 0.1) is 6.42 Å². The fraction of sp³-hybridized carbons (Fsp3) is 0.143. The summed E-state index contributed by atoms with van der Waals surface area (Å²) in [6, 6.07) is 21.0. The van der Waals surface area contributed by atoms with E-state index in [4.69, 9.17) is 0 Å². The van der Waals surface area contributed by atoms with Gasteiger partial charge < -0.3 is 5.11 Å². The van der Waals surface area contributed by atoms with E-state index in [0.29, 0.717) is 18.5 Å². The fourth-order valence-electron chi connectivity index (χ4n) is 2.61. The van der Waals surface area contributed by atoms with Crippen molar-refractivity contribution < 1.29 is 14.5 Å². The van der Waals surface area contributed by atoms with Crippen LogP contribution >= 0.6 is 0 Å². The molecule has 0 aliphatic rings.